The molecule has 23 heavy (non-hydrogen) atoms. The van der Waals surface area contributed by atoms with Gasteiger partial charge in [-0.05, 0) is 36.8 Å². The summed E-state index contributed by atoms with van der Waals surface area (Å²) in [5, 5.41) is 10.3. The van der Waals surface area contributed by atoms with Gasteiger partial charge < -0.3 is 15.2 Å². The Hall–Kier alpha value is -2.89. The summed E-state index contributed by atoms with van der Waals surface area (Å²) in [4.78, 5) is 11.8. The molecule has 5 nitrogen and oxygen atoms in total. The molecule has 0 bridgehead atoms. The number of amides is 2. The lowest BCUT2D eigenvalue weighted by atomic mass is 10.1. The van der Waals surface area contributed by atoms with Crippen LogP contribution in [0.4, 0.5) is 9.18 Å². The minimum Gasteiger partial charge on any atom is -0.356 e. The van der Waals surface area contributed by atoms with Crippen LogP contribution in [-0.2, 0) is 13.1 Å². The summed E-state index contributed by atoms with van der Waals surface area (Å²) >= 11 is 0. The zero-order valence-corrected chi connectivity index (χ0v) is 12.6. The van der Waals surface area contributed by atoms with Crippen molar-refractivity contribution < 1.29 is 13.7 Å². The Balaban J connectivity index is 1.55. The van der Waals surface area contributed by atoms with Crippen LogP contribution in [0.2, 0.25) is 0 Å². The third kappa shape index (κ3) is 3.66. The minimum absolute atomic E-state index is 0.270. The van der Waals surface area contributed by atoms with Crippen LogP contribution >= 0.6 is 0 Å². The van der Waals surface area contributed by atoms with Gasteiger partial charge in [0.1, 0.15) is 11.5 Å². The molecule has 0 aliphatic carbocycles. The van der Waals surface area contributed by atoms with Crippen LogP contribution in [0.15, 0.2) is 47.0 Å². The molecule has 3 aromatic rings. The summed E-state index contributed by atoms with van der Waals surface area (Å²) < 4.78 is 18.0. The molecule has 0 atom stereocenters. The monoisotopic (exact) mass is 313 g/mol. The number of nitrogens with one attached hydrogen (secondary N) is 2. The summed E-state index contributed by atoms with van der Waals surface area (Å²) in [6, 6.07) is 11.4. The summed E-state index contributed by atoms with van der Waals surface area (Å²) in [5.74, 6) is -0.300. The van der Waals surface area contributed by atoms with E-state index in [-0.39, 0.29) is 18.4 Å². The standard InChI is InChI=1S/C17H16FN3O2/c1-11-2-7-16-14(8-11)15(21-23-16)10-20-17(22)19-9-12-3-5-13(18)6-4-12/h2-8H,9-10H2,1H3,(H2,19,20,22). The molecule has 6 heteroatoms. The summed E-state index contributed by atoms with van der Waals surface area (Å²) in [5.41, 5.74) is 3.30. The molecule has 0 saturated carbocycles. The van der Waals surface area contributed by atoms with E-state index in [9.17, 15) is 9.18 Å². The molecule has 1 aromatic heterocycles. The molecule has 0 radical (unpaired) electrons. The van der Waals surface area contributed by atoms with E-state index in [0.29, 0.717) is 17.8 Å². The van der Waals surface area contributed by atoms with E-state index >= 15 is 0 Å². The SMILES string of the molecule is Cc1ccc2onc(CNC(=O)NCc3ccc(F)cc3)c2c1. The Morgan fingerprint density at radius 1 is 1.13 bits per heavy atom. The fraction of sp³-hybridized carbons (Fsp3) is 0.176. The number of rotatable bonds is 4. The van der Waals surface area contributed by atoms with Gasteiger partial charge in [0.2, 0.25) is 0 Å². The first-order valence-corrected chi connectivity index (χ1v) is 7.23. The number of hydrogen-bond donors (Lipinski definition) is 2. The van der Waals surface area contributed by atoms with Crippen LogP contribution in [-0.4, -0.2) is 11.2 Å². The van der Waals surface area contributed by atoms with E-state index in [4.69, 9.17) is 4.52 Å². The average Bonchev–Trinajstić information content (AvgIpc) is 2.94. The van der Waals surface area contributed by atoms with Gasteiger partial charge in [0.15, 0.2) is 5.58 Å². The van der Waals surface area contributed by atoms with Crippen LogP contribution in [0.25, 0.3) is 11.0 Å². The molecule has 0 aliphatic heterocycles. The second kappa shape index (κ2) is 6.48. The van der Waals surface area contributed by atoms with Gasteiger partial charge in [-0.3, -0.25) is 0 Å². The Labute approximate surface area is 132 Å². The second-order valence-electron chi connectivity index (χ2n) is 5.29. The third-order valence-electron chi connectivity index (χ3n) is 3.48. The van der Waals surface area contributed by atoms with Crippen molar-refractivity contribution in [1.82, 2.24) is 15.8 Å². The van der Waals surface area contributed by atoms with Gasteiger partial charge in [-0.25, -0.2) is 9.18 Å². The number of urea groups is 1. The van der Waals surface area contributed by atoms with Gasteiger partial charge in [0.25, 0.3) is 0 Å². The quantitative estimate of drug-likeness (QED) is 0.777. The minimum atomic E-state index is -0.321. The zero-order chi connectivity index (χ0) is 16.2. The normalized spacial score (nSPS) is 10.7. The largest absolute Gasteiger partial charge is 0.356 e. The molecule has 3 rings (SSSR count). The van der Waals surface area contributed by atoms with Crippen molar-refractivity contribution in [2.24, 2.45) is 0 Å². The Kier molecular flexibility index (Phi) is 4.23. The highest BCUT2D eigenvalue weighted by Gasteiger charge is 2.09. The van der Waals surface area contributed by atoms with E-state index in [0.717, 1.165) is 16.5 Å². The Morgan fingerprint density at radius 2 is 1.87 bits per heavy atom. The van der Waals surface area contributed by atoms with Gasteiger partial charge in [-0.1, -0.05) is 28.9 Å². The first-order chi connectivity index (χ1) is 11.1. The number of aromatic nitrogens is 1. The number of carbonyl (C=O) groups excluding carboxylic acids is 1. The molecule has 2 N–H and O–H groups in total. The van der Waals surface area contributed by atoms with Crippen molar-refractivity contribution in [3.05, 3.63) is 65.1 Å². The lowest BCUT2D eigenvalue weighted by Gasteiger charge is -2.06. The number of fused-ring (bicyclic) bond motifs is 1. The highest BCUT2D eigenvalue weighted by molar-refractivity contribution is 5.81. The number of halogens is 1. The molecular formula is C17H16FN3O2. The van der Waals surface area contributed by atoms with Crippen molar-refractivity contribution in [1.29, 1.82) is 0 Å². The van der Waals surface area contributed by atoms with Crippen molar-refractivity contribution in [2.75, 3.05) is 0 Å². The third-order valence-corrected chi connectivity index (χ3v) is 3.48. The predicted octanol–water partition coefficient (Wildman–Crippen LogP) is 3.27. The summed E-state index contributed by atoms with van der Waals surface area (Å²) in [6.45, 7) is 2.58. The van der Waals surface area contributed by atoms with E-state index < -0.39 is 0 Å². The number of nitrogens with zero attached hydrogens (tertiary/aromatic N) is 1. The molecule has 2 aromatic carbocycles. The van der Waals surface area contributed by atoms with Crippen LogP contribution in [0.1, 0.15) is 16.8 Å². The highest BCUT2D eigenvalue weighted by Crippen LogP contribution is 2.19. The van der Waals surface area contributed by atoms with Gasteiger partial charge in [-0.15, -0.1) is 0 Å². The number of carbonyl (C=O) groups is 1. The zero-order valence-electron chi connectivity index (χ0n) is 12.6. The molecule has 0 fully saturated rings. The molecular weight excluding hydrogens is 297 g/mol. The molecule has 0 aliphatic rings. The number of benzene rings is 2. The molecule has 1 heterocycles. The molecule has 0 saturated heterocycles. The lowest BCUT2D eigenvalue weighted by molar-refractivity contribution is 0.240. The maximum atomic E-state index is 12.8. The molecule has 118 valence electrons. The maximum absolute atomic E-state index is 12.8. The highest BCUT2D eigenvalue weighted by atomic mass is 19.1. The van der Waals surface area contributed by atoms with Crippen molar-refractivity contribution >= 4 is 17.0 Å². The van der Waals surface area contributed by atoms with Gasteiger partial charge >= 0.3 is 6.03 Å². The van der Waals surface area contributed by atoms with Crippen LogP contribution in [0.3, 0.4) is 0 Å². The van der Waals surface area contributed by atoms with E-state index in [1.165, 1.54) is 12.1 Å². The van der Waals surface area contributed by atoms with Crippen molar-refractivity contribution in [3.8, 4) is 0 Å². The fourth-order valence-corrected chi connectivity index (χ4v) is 2.24. The van der Waals surface area contributed by atoms with Gasteiger partial charge in [0, 0.05) is 11.9 Å². The van der Waals surface area contributed by atoms with Crippen LogP contribution in [0.5, 0.6) is 0 Å². The van der Waals surface area contributed by atoms with Gasteiger partial charge in [0.05, 0.1) is 6.54 Å². The first-order valence-electron chi connectivity index (χ1n) is 7.23. The Morgan fingerprint density at radius 3 is 2.65 bits per heavy atom. The van der Waals surface area contributed by atoms with Gasteiger partial charge in [-0.2, -0.15) is 0 Å². The smallest absolute Gasteiger partial charge is 0.315 e. The first kappa shape index (κ1) is 15.0. The van der Waals surface area contributed by atoms with Crippen molar-refractivity contribution in [3.63, 3.8) is 0 Å². The van der Waals surface area contributed by atoms with E-state index in [1.54, 1.807) is 12.1 Å². The summed E-state index contributed by atoms with van der Waals surface area (Å²) in [6.07, 6.45) is 0. The van der Waals surface area contributed by atoms with Crippen LogP contribution in [0, 0.1) is 12.7 Å². The van der Waals surface area contributed by atoms with Crippen LogP contribution < -0.4 is 10.6 Å². The van der Waals surface area contributed by atoms with E-state index in [2.05, 4.69) is 15.8 Å². The second-order valence-corrected chi connectivity index (χ2v) is 5.29. The number of hydrogen-bond acceptors (Lipinski definition) is 3. The molecule has 0 unspecified atom stereocenters. The topological polar surface area (TPSA) is 67.2 Å². The fourth-order valence-electron chi connectivity index (χ4n) is 2.24. The Bertz CT molecular complexity index is 827. The molecule has 0 spiro atoms. The number of aryl methyl sites for hydroxylation is 1. The predicted molar refractivity (Wildman–Crippen MR) is 84.2 cm³/mol. The summed E-state index contributed by atoms with van der Waals surface area (Å²) in [7, 11) is 0. The lowest BCUT2D eigenvalue weighted by Crippen LogP contribution is -2.34. The molecule has 2 amide bonds. The van der Waals surface area contributed by atoms with Crippen molar-refractivity contribution in [2.45, 2.75) is 20.0 Å². The average molecular weight is 313 g/mol. The maximum Gasteiger partial charge on any atom is 0.315 e. The van der Waals surface area contributed by atoms with E-state index in [1.807, 2.05) is 25.1 Å².